The van der Waals surface area contributed by atoms with Crippen molar-refractivity contribution in [3.63, 3.8) is 0 Å². The summed E-state index contributed by atoms with van der Waals surface area (Å²) >= 11 is 0. The first kappa shape index (κ1) is 22.0. The molecule has 1 N–H and O–H groups in total. The van der Waals surface area contributed by atoms with Crippen molar-refractivity contribution in [2.75, 3.05) is 38.1 Å². The number of rotatable bonds is 5. The summed E-state index contributed by atoms with van der Waals surface area (Å²) in [5, 5.41) is 3.48. The maximum absolute atomic E-state index is 14.3. The van der Waals surface area contributed by atoms with E-state index in [0.29, 0.717) is 18.3 Å². The van der Waals surface area contributed by atoms with Gasteiger partial charge in [-0.1, -0.05) is 6.07 Å². The maximum atomic E-state index is 14.3. The monoisotopic (exact) mass is 449 g/mol. The molecule has 5 rings (SSSR count). The zero-order chi connectivity index (χ0) is 22.9. The molecule has 0 aliphatic carbocycles. The Bertz CT molecular complexity index is 1040. The normalized spacial score (nSPS) is 24.2. The SMILES string of the molecule is Cc1cc(F)cc(C2C=Nc3ccc(N4CCCC4)nc3C2C(=O)N(C)CC2CCCN2)c1. The summed E-state index contributed by atoms with van der Waals surface area (Å²) in [5.41, 5.74) is 3.02. The standard InChI is InChI=1S/C26H32FN5O/c1-17-12-18(14-19(27)13-17)21-15-29-22-7-8-23(32-10-3-4-11-32)30-25(22)24(21)26(33)31(2)16-20-6-5-9-28-20/h7-8,12-15,20-21,24,28H,3-6,9-11,16H2,1-2H3. The van der Waals surface area contributed by atoms with Crippen molar-refractivity contribution < 1.29 is 9.18 Å². The van der Waals surface area contributed by atoms with Crippen LogP contribution in [0.3, 0.4) is 0 Å². The number of halogens is 1. The van der Waals surface area contributed by atoms with Gasteiger partial charge in [-0.05, 0) is 74.5 Å². The van der Waals surface area contributed by atoms with Gasteiger partial charge in [0.1, 0.15) is 11.6 Å². The molecule has 3 atom stereocenters. The number of likely N-dealkylation sites (N-methyl/N-ethyl adjacent to an activating group) is 1. The highest BCUT2D eigenvalue weighted by Gasteiger charge is 2.38. The molecule has 33 heavy (non-hydrogen) atoms. The van der Waals surface area contributed by atoms with E-state index in [1.54, 1.807) is 6.21 Å². The fourth-order valence-electron chi connectivity index (χ4n) is 5.41. The highest BCUT2D eigenvalue weighted by Crippen LogP contribution is 2.42. The second-order valence-electron chi connectivity index (χ2n) is 9.62. The Hall–Kier alpha value is -2.80. The molecular weight excluding hydrogens is 417 g/mol. The lowest BCUT2D eigenvalue weighted by Crippen LogP contribution is -2.42. The number of aliphatic imine (C=N–C) groups is 1. The van der Waals surface area contributed by atoms with E-state index in [1.807, 2.05) is 37.1 Å². The van der Waals surface area contributed by atoms with Crippen molar-refractivity contribution >= 4 is 23.6 Å². The van der Waals surface area contributed by atoms with E-state index in [4.69, 9.17) is 4.98 Å². The van der Waals surface area contributed by atoms with Crippen LogP contribution in [0.5, 0.6) is 0 Å². The molecule has 174 valence electrons. The van der Waals surface area contributed by atoms with Gasteiger partial charge < -0.3 is 15.1 Å². The molecule has 2 aromatic rings. The predicted molar refractivity (Wildman–Crippen MR) is 129 cm³/mol. The van der Waals surface area contributed by atoms with Crippen LogP contribution in [0.1, 0.15) is 54.3 Å². The molecule has 0 saturated carbocycles. The summed E-state index contributed by atoms with van der Waals surface area (Å²) in [6.07, 6.45) is 6.32. The summed E-state index contributed by atoms with van der Waals surface area (Å²) in [6.45, 7) is 5.49. The van der Waals surface area contributed by atoms with Crippen LogP contribution in [-0.4, -0.2) is 61.3 Å². The smallest absolute Gasteiger partial charge is 0.232 e. The molecular formula is C26H32FN5O. The molecule has 2 saturated heterocycles. The molecule has 1 aromatic heterocycles. The first-order chi connectivity index (χ1) is 16.0. The summed E-state index contributed by atoms with van der Waals surface area (Å²) < 4.78 is 14.3. The lowest BCUT2D eigenvalue weighted by atomic mass is 9.80. The summed E-state index contributed by atoms with van der Waals surface area (Å²) in [7, 11) is 1.87. The molecule has 6 nitrogen and oxygen atoms in total. The van der Waals surface area contributed by atoms with Gasteiger partial charge in [-0.2, -0.15) is 0 Å². The van der Waals surface area contributed by atoms with Crippen molar-refractivity contribution in [1.82, 2.24) is 15.2 Å². The van der Waals surface area contributed by atoms with E-state index in [1.165, 1.54) is 12.1 Å². The Morgan fingerprint density at radius 3 is 2.76 bits per heavy atom. The van der Waals surface area contributed by atoms with Gasteiger partial charge in [0, 0.05) is 44.9 Å². The van der Waals surface area contributed by atoms with Gasteiger partial charge in [0.15, 0.2) is 0 Å². The number of anilines is 1. The molecule has 0 spiro atoms. The van der Waals surface area contributed by atoms with Crippen LogP contribution < -0.4 is 10.2 Å². The summed E-state index contributed by atoms with van der Waals surface area (Å²) in [4.78, 5) is 27.7. The van der Waals surface area contributed by atoms with Crippen molar-refractivity contribution in [2.45, 2.75) is 50.5 Å². The average Bonchev–Trinajstić information content (AvgIpc) is 3.51. The van der Waals surface area contributed by atoms with Gasteiger partial charge in [0.25, 0.3) is 0 Å². The number of carbonyl (C=O) groups is 1. The van der Waals surface area contributed by atoms with E-state index < -0.39 is 5.92 Å². The molecule has 0 bridgehead atoms. The Morgan fingerprint density at radius 1 is 1.21 bits per heavy atom. The van der Waals surface area contributed by atoms with Crippen LogP contribution in [0.15, 0.2) is 35.3 Å². The number of benzene rings is 1. The number of nitrogens with one attached hydrogen (secondary N) is 1. The van der Waals surface area contributed by atoms with Gasteiger partial charge >= 0.3 is 0 Å². The van der Waals surface area contributed by atoms with E-state index in [9.17, 15) is 9.18 Å². The van der Waals surface area contributed by atoms with E-state index in [2.05, 4.69) is 15.2 Å². The van der Waals surface area contributed by atoms with Crippen LogP contribution in [-0.2, 0) is 4.79 Å². The highest BCUT2D eigenvalue weighted by atomic mass is 19.1. The molecule has 1 amide bonds. The van der Waals surface area contributed by atoms with E-state index >= 15 is 0 Å². The average molecular weight is 450 g/mol. The van der Waals surface area contributed by atoms with Crippen LogP contribution in [0, 0.1) is 12.7 Å². The zero-order valence-corrected chi connectivity index (χ0v) is 19.4. The number of amides is 1. The third-order valence-corrected chi connectivity index (χ3v) is 7.09. The minimum absolute atomic E-state index is 0.00841. The zero-order valence-electron chi connectivity index (χ0n) is 19.4. The predicted octanol–water partition coefficient (Wildman–Crippen LogP) is 3.92. The lowest BCUT2D eigenvalue weighted by Gasteiger charge is -2.33. The first-order valence-electron chi connectivity index (χ1n) is 12.0. The molecule has 2 fully saturated rings. The molecule has 1 aromatic carbocycles. The largest absolute Gasteiger partial charge is 0.357 e. The summed E-state index contributed by atoms with van der Waals surface area (Å²) in [6, 6.07) is 9.27. The second-order valence-corrected chi connectivity index (χ2v) is 9.62. The maximum Gasteiger partial charge on any atom is 0.232 e. The van der Waals surface area contributed by atoms with Crippen LogP contribution in [0.2, 0.25) is 0 Å². The number of hydrogen-bond acceptors (Lipinski definition) is 5. The van der Waals surface area contributed by atoms with Crippen molar-refractivity contribution in [3.05, 3.63) is 53.0 Å². The molecule has 3 unspecified atom stereocenters. The minimum atomic E-state index is -0.535. The summed E-state index contributed by atoms with van der Waals surface area (Å²) in [5.74, 6) is -0.283. The van der Waals surface area contributed by atoms with Gasteiger partial charge in [-0.3, -0.25) is 9.79 Å². The second kappa shape index (κ2) is 9.21. The number of pyridine rings is 1. The van der Waals surface area contributed by atoms with Gasteiger partial charge in [0.2, 0.25) is 5.91 Å². The number of nitrogens with zero attached hydrogens (tertiary/aromatic N) is 4. The molecule has 0 radical (unpaired) electrons. The van der Waals surface area contributed by atoms with Crippen molar-refractivity contribution in [1.29, 1.82) is 0 Å². The number of aromatic nitrogens is 1. The molecule has 3 aliphatic rings. The topological polar surface area (TPSA) is 60.8 Å². The quantitative estimate of drug-likeness (QED) is 0.752. The fraction of sp³-hybridized carbons (Fsp3) is 0.500. The van der Waals surface area contributed by atoms with Crippen LogP contribution >= 0.6 is 0 Å². The lowest BCUT2D eigenvalue weighted by molar-refractivity contribution is -0.132. The Balaban J connectivity index is 1.54. The van der Waals surface area contributed by atoms with Crippen LogP contribution in [0.4, 0.5) is 15.9 Å². The molecule has 4 heterocycles. The van der Waals surface area contributed by atoms with Crippen molar-refractivity contribution in [2.24, 2.45) is 4.99 Å². The number of hydrogen-bond donors (Lipinski definition) is 1. The van der Waals surface area contributed by atoms with E-state index in [-0.39, 0.29) is 17.6 Å². The third kappa shape index (κ3) is 4.51. The fourth-order valence-corrected chi connectivity index (χ4v) is 5.41. The number of carbonyl (C=O) groups excluding carboxylic acids is 1. The number of fused-ring (bicyclic) bond motifs is 1. The van der Waals surface area contributed by atoms with E-state index in [0.717, 1.165) is 67.9 Å². The Labute approximate surface area is 194 Å². The molecule has 3 aliphatic heterocycles. The van der Waals surface area contributed by atoms with Crippen molar-refractivity contribution in [3.8, 4) is 0 Å². The van der Waals surface area contributed by atoms with Crippen LogP contribution in [0.25, 0.3) is 0 Å². The Morgan fingerprint density at radius 2 is 2.03 bits per heavy atom. The van der Waals surface area contributed by atoms with Gasteiger partial charge in [0.05, 0.1) is 17.3 Å². The number of aryl methyl sites for hydroxylation is 1. The molecule has 7 heteroatoms. The Kier molecular flexibility index (Phi) is 6.15. The highest BCUT2D eigenvalue weighted by molar-refractivity contribution is 5.93. The third-order valence-electron chi connectivity index (χ3n) is 7.09. The van der Waals surface area contributed by atoms with Gasteiger partial charge in [-0.25, -0.2) is 9.37 Å². The first-order valence-corrected chi connectivity index (χ1v) is 12.0. The minimum Gasteiger partial charge on any atom is -0.357 e. The van der Waals surface area contributed by atoms with Gasteiger partial charge in [-0.15, -0.1) is 0 Å².